The van der Waals surface area contributed by atoms with Crippen molar-refractivity contribution in [3.63, 3.8) is 0 Å². The molecule has 4 nitrogen and oxygen atoms in total. The zero-order chi connectivity index (χ0) is 19.1. The van der Waals surface area contributed by atoms with Gasteiger partial charge in [0, 0.05) is 23.6 Å². The van der Waals surface area contributed by atoms with E-state index in [-0.39, 0.29) is 0 Å². The number of hydrogen-bond donors (Lipinski definition) is 1. The Morgan fingerprint density at radius 3 is 2.29 bits per heavy atom. The van der Waals surface area contributed by atoms with Crippen molar-refractivity contribution in [3.8, 4) is 22.7 Å². The molecule has 3 heterocycles. The molecule has 2 bridgehead atoms. The van der Waals surface area contributed by atoms with Crippen molar-refractivity contribution in [1.82, 2.24) is 15.1 Å². The number of benzene rings is 2. The highest BCUT2D eigenvalue weighted by atomic mass is 16.5. The fraction of sp³-hybridized carbons (Fsp3) is 0.375. The van der Waals surface area contributed by atoms with Crippen molar-refractivity contribution < 1.29 is 4.74 Å². The van der Waals surface area contributed by atoms with Gasteiger partial charge in [-0.15, -0.1) is 0 Å². The summed E-state index contributed by atoms with van der Waals surface area (Å²) in [6.45, 7) is 2.12. The Morgan fingerprint density at radius 2 is 1.64 bits per heavy atom. The summed E-state index contributed by atoms with van der Waals surface area (Å²) in [6, 6.07) is 20.5. The molecule has 2 aliphatic heterocycles. The molecular formula is C24H27N3O. The van der Waals surface area contributed by atoms with Crippen molar-refractivity contribution in [2.24, 2.45) is 0 Å². The van der Waals surface area contributed by atoms with E-state index in [1.807, 2.05) is 12.1 Å². The maximum absolute atomic E-state index is 5.33. The topological polar surface area (TPSA) is 39.1 Å². The standard InChI is InChI=1S/C24H27N3O/c1-16-3-9-21(10-4-16)27-24(17-5-11-22(28-2)12-6-17)15-23(26-27)18-13-19-7-8-20(14-18)25-19/h3-6,9-12,15,18-20,25H,7-8,13-14H2,1-2H3. The minimum atomic E-state index is 0.544. The summed E-state index contributed by atoms with van der Waals surface area (Å²) < 4.78 is 7.45. The average Bonchev–Trinajstić information content (AvgIpc) is 3.32. The van der Waals surface area contributed by atoms with E-state index in [0.29, 0.717) is 18.0 Å². The molecular weight excluding hydrogens is 346 g/mol. The normalized spacial score (nSPS) is 23.7. The van der Waals surface area contributed by atoms with Crippen LogP contribution in [0.2, 0.25) is 0 Å². The molecule has 144 valence electrons. The number of fused-ring (bicyclic) bond motifs is 2. The Bertz CT molecular complexity index is 947. The first-order valence-electron chi connectivity index (χ1n) is 10.3. The number of nitrogens with zero attached hydrogens (tertiary/aromatic N) is 2. The number of aryl methyl sites for hydroxylation is 1. The molecule has 2 unspecified atom stereocenters. The lowest BCUT2D eigenvalue weighted by Crippen LogP contribution is -2.37. The van der Waals surface area contributed by atoms with Crippen molar-refractivity contribution in [2.75, 3.05) is 7.11 Å². The van der Waals surface area contributed by atoms with E-state index in [2.05, 4.69) is 59.4 Å². The van der Waals surface area contributed by atoms with Crippen molar-refractivity contribution >= 4 is 0 Å². The third-order valence-electron chi connectivity index (χ3n) is 6.28. The summed E-state index contributed by atoms with van der Waals surface area (Å²) in [7, 11) is 1.70. The van der Waals surface area contributed by atoms with Gasteiger partial charge in [0.05, 0.1) is 24.2 Å². The number of aromatic nitrogens is 2. The summed E-state index contributed by atoms with van der Waals surface area (Å²) in [5.74, 6) is 1.42. The van der Waals surface area contributed by atoms with E-state index >= 15 is 0 Å². The Morgan fingerprint density at radius 1 is 0.964 bits per heavy atom. The molecule has 4 heteroatoms. The molecule has 1 N–H and O–H groups in total. The molecule has 3 aromatic rings. The molecule has 0 saturated carbocycles. The molecule has 0 aliphatic carbocycles. The van der Waals surface area contributed by atoms with Gasteiger partial charge in [-0.1, -0.05) is 17.7 Å². The lowest BCUT2D eigenvalue weighted by molar-refractivity contribution is 0.358. The van der Waals surface area contributed by atoms with Gasteiger partial charge in [0.25, 0.3) is 0 Å². The molecule has 0 spiro atoms. The minimum absolute atomic E-state index is 0.544. The van der Waals surface area contributed by atoms with Gasteiger partial charge < -0.3 is 10.1 Å². The van der Waals surface area contributed by atoms with Crippen LogP contribution in [0.3, 0.4) is 0 Å². The lowest BCUT2D eigenvalue weighted by atomic mass is 9.89. The van der Waals surface area contributed by atoms with E-state index in [9.17, 15) is 0 Å². The summed E-state index contributed by atoms with van der Waals surface area (Å²) in [6.07, 6.45) is 5.02. The van der Waals surface area contributed by atoms with Crippen molar-refractivity contribution in [1.29, 1.82) is 0 Å². The van der Waals surface area contributed by atoms with E-state index in [1.165, 1.54) is 36.9 Å². The quantitative estimate of drug-likeness (QED) is 0.710. The summed E-state index contributed by atoms with van der Waals surface area (Å²) in [4.78, 5) is 0. The van der Waals surface area contributed by atoms with Gasteiger partial charge in [-0.2, -0.15) is 5.10 Å². The molecule has 0 radical (unpaired) electrons. The molecule has 1 aromatic heterocycles. The molecule has 5 rings (SSSR count). The fourth-order valence-electron chi connectivity index (χ4n) is 4.75. The maximum atomic E-state index is 5.33. The number of ether oxygens (including phenoxy) is 1. The number of rotatable bonds is 4. The van der Waals surface area contributed by atoms with Crippen LogP contribution >= 0.6 is 0 Å². The number of hydrogen-bond acceptors (Lipinski definition) is 3. The molecule has 0 amide bonds. The fourth-order valence-corrected chi connectivity index (χ4v) is 4.75. The highest BCUT2D eigenvalue weighted by molar-refractivity contribution is 5.64. The maximum Gasteiger partial charge on any atom is 0.118 e. The highest BCUT2D eigenvalue weighted by Gasteiger charge is 2.35. The smallest absolute Gasteiger partial charge is 0.118 e. The lowest BCUT2D eigenvalue weighted by Gasteiger charge is -2.27. The predicted octanol–water partition coefficient (Wildman–Crippen LogP) is 4.85. The van der Waals surface area contributed by atoms with E-state index in [4.69, 9.17) is 9.84 Å². The van der Waals surface area contributed by atoms with Crippen molar-refractivity contribution in [2.45, 2.75) is 50.6 Å². The SMILES string of the molecule is COc1ccc(-c2cc(C3CC4CCC(C3)N4)nn2-c2ccc(C)cc2)cc1. The van der Waals surface area contributed by atoms with Gasteiger partial charge in [-0.3, -0.25) is 0 Å². The second kappa shape index (κ2) is 7.10. The molecule has 2 saturated heterocycles. The van der Waals surface area contributed by atoms with E-state index in [1.54, 1.807) is 7.11 Å². The van der Waals surface area contributed by atoms with Gasteiger partial charge in [-0.25, -0.2) is 4.68 Å². The Hall–Kier alpha value is -2.59. The van der Waals surface area contributed by atoms with Crippen LogP contribution in [0.25, 0.3) is 16.9 Å². The zero-order valence-electron chi connectivity index (χ0n) is 16.6. The number of methoxy groups -OCH3 is 1. The molecule has 2 aliphatic rings. The minimum Gasteiger partial charge on any atom is -0.497 e. The Labute approximate surface area is 166 Å². The Kier molecular flexibility index (Phi) is 4.44. The largest absolute Gasteiger partial charge is 0.497 e. The first kappa shape index (κ1) is 17.5. The second-order valence-corrected chi connectivity index (χ2v) is 8.24. The molecule has 2 fully saturated rings. The van der Waals surface area contributed by atoms with Crippen LogP contribution in [-0.4, -0.2) is 29.0 Å². The Balaban J connectivity index is 1.57. The first-order chi connectivity index (χ1) is 13.7. The van der Waals surface area contributed by atoms with E-state index in [0.717, 1.165) is 22.7 Å². The molecule has 2 atom stereocenters. The number of nitrogens with one attached hydrogen (secondary N) is 1. The van der Waals surface area contributed by atoms with Gasteiger partial charge in [0.15, 0.2) is 0 Å². The van der Waals surface area contributed by atoms with Gasteiger partial charge in [0.2, 0.25) is 0 Å². The van der Waals surface area contributed by atoms with Crippen LogP contribution < -0.4 is 10.1 Å². The summed E-state index contributed by atoms with van der Waals surface area (Å²) in [5.41, 5.74) is 5.91. The molecule has 2 aromatic carbocycles. The second-order valence-electron chi connectivity index (χ2n) is 8.24. The van der Waals surface area contributed by atoms with Crippen molar-refractivity contribution in [3.05, 3.63) is 65.9 Å². The van der Waals surface area contributed by atoms with Crippen LogP contribution in [0.15, 0.2) is 54.6 Å². The highest BCUT2D eigenvalue weighted by Crippen LogP contribution is 2.38. The number of piperidine rings is 1. The van der Waals surface area contributed by atoms with E-state index < -0.39 is 0 Å². The monoisotopic (exact) mass is 373 g/mol. The van der Waals surface area contributed by atoms with Gasteiger partial charge >= 0.3 is 0 Å². The predicted molar refractivity (Wildman–Crippen MR) is 112 cm³/mol. The third kappa shape index (κ3) is 3.22. The molecule has 28 heavy (non-hydrogen) atoms. The summed E-state index contributed by atoms with van der Waals surface area (Å²) >= 11 is 0. The van der Waals surface area contributed by atoms with Crippen LogP contribution in [0.1, 0.15) is 42.9 Å². The third-order valence-corrected chi connectivity index (χ3v) is 6.28. The van der Waals surface area contributed by atoms with Crippen LogP contribution in [0, 0.1) is 6.92 Å². The zero-order valence-corrected chi connectivity index (χ0v) is 16.6. The first-order valence-corrected chi connectivity index (χ1v) is 10.3. The van der Waals surface area contributed by atoms with Crippen LogP contribution in [0.4, 0.5) is 0 Å². The van der Waals surface area contributed by atoms with Crippen LogP contribution in [-0.2, 0) is 0 Å². The van der Waals surface area contributed by atoms with Gasteiger partial charge in [0.1, 0.15) is 5.75 Å². The van der Waals surface area contributed by atoms with Gasteiger partial charge in [-0.05, 0) is 75.1 Å². The summed E-state index contributed by atoms with van der Waals surface area (Å²) in [5, 5.41) is 8.85. The van der Waals surface area contributed by atoms with Crippen LogP contribution in [0.5, 0.6) is 5.75 Å². The average molecular weight is 374 g/mol.